The number of aromatic nitrogens is 4. The minimum absolute atomic E-state index is 0.0817. The molecular weight excluding hydrogens is 274 g/mol. The third-order valence-electron chi connectivity index (χ3n) is 3.91. The number of nitrogens with one attached hydrogen (secondary N) is 1. The van der Waals surface area contributed by atoms with Crippen LogP contribution < -0.4 is 10.6 Å². The Kier molecular flexibility index (Phi) is 3.24. The molecule has 0 aromatic carbocycles. The molecule has 9 nitrogen and oxygen atoms in total. The Labute approximate surface area is 120 Å². The number of H-pyrrole nitrogens is 1. The zero-order valence-electron chi connectivity index (χ0n) is 11.7. The number of aromatic amines is 1. The summed E-state index contributed by atoms with van der Waals surface area (Å²) in [5, 5.41) is 17.9. The number of nitrogens with zero attached hydrogens (tertiary/aromatic N) is 5. The van der Waals surface area contributed by atoms with Gasteiger partial charge < -0.3 is 20.7 Å². The van der Waals surface area contributed by atoms with Gasteiger partial charge in [-0.05, 0) is 22.7 Å². The Morgan fingerprint density at radius 2 is 2.19 bits per heavy atom. The number of hydrogen-bond acceptors (Lipinski definition) is 6. The Bertz CT molecular complexity index is 654. The lowest BCUT2D eigenvalue weighted by atomic mass is 9.93. The van der Waals surface area contributed by atoms with Crippen LogP contribution in [-0.2, 0) is 7.05 Å². The third-order valence-corrected chi connectivity index (χ3v) is 3.91. The van der Waals surface area contributed by atoms with Crippen molar-refractivity contribution in [2.75, 3.05) is 23.7 Å². The van der Waals surface area contributed by atoms with Gasteiger partial charge in [0, 0.05) is 37.8 Å². The monoisotopic (exact) mass is 291 g/mol. The van der Waals surface area contributed by atoms with E-state index in [-0.39, 0.29) is 5.82 Å². The highest BCUT2D eigenvalue weighted by Gasteiger charge is 2.29. The number of nitrogens with two attached hydrogens (primary N) is 1. The summed E-state index contributed by atoms with van der Waals surface area (Å²) in [7, 11) is 1.77. The normalized spacial score (nSPS) is 16.3. The molecule has 2 aromatic heterocycles. The Balaban J connectivity index is 1.74. The highest BCUT2D eigenvalue weighted by atomic mass is 16.6. The van der Waals surface area contributed by atoms with Crippen LogP contribution in [0, 0.1) is 10.1 Å². The quantitative estimate of drug-likeness (QED) is 0.643. The summed E-state index contributed by atoms with van der Waals surface area (Å²) >= 11 is 0. The molecule has 1 aliphatic rings. The zero-order chi connectivity index (χ0) is 15.0. The number of hydrogen-bond donors (Lipinski definition) is 2. The van der Waals surface area contributed by atoms with Gasteiger partial charge in [-0.25, -0.2) is 0 Å². The molecule has 21 heavy (non-hydrogen) atoms. The largest absolute Gasteiger partial charge is 0.406 e. The van der Waals surface area contributed by atoms with Gasteiger partial charge in [0.2, 0.25) is 12.1 Å². The van der Waals surface area contributed by atoms with Crippen molar-refractivity contribution in [3.63, 3.8) is 0 Å². The zero-order valence-corrected chi connectivity index (χ0v) is 11.7. The molecule has 0 saturated carbocycles. The van der Waals surface area contributed by atoms with E-state index in [1.54, 1.807) is 11.6 Å². The van der Waals surface area contributed by atoms with Gasteiger partial charge in [-0.2, -0.15) is 5.10 Å². The van der Waals surface area contributed by atoms with Crippen molar-refractivity contribution in [2.24, 2.45) is 7.05 Å². The maximum absolute atomic E-state index is 11.0. The van der Waals surface area contributed by atoms with E-state index in [2.05, 4.69) is 15.2 Å². The predicted molar refractivity (Wildman–Crippen MR) is 77.1 cm³/mol. The summed E-state index contributed by atoms with van der Waals surface area (Å²) in [6.07, 6.45) is 3.27. The average Bonchev–Trinajstić information content (AvgIpc) is 3.05. The summed E-state index contributed by atoms with van der Waals surface area (Å²) in [5.74, 6) is 1.34. The second kappa shape index (κ2) is 5.08. The molecule has 0 atom stereocenters. The van der Waals surface area contributed by atoms with Crippen molar-refractivity contribution >= 4 is 17.5 Å². The first kappa shape index (κ1) is 13.4. The van der Waals surface area contributed by atoms with Gasteiger partial charge >= 0.3 is 5.82 Å². The summed E-state index contributed by atoms with van der Waals surface area (Å²) < 4.78 is 1.70. The second-order valence-corrected chi connectivity index (χ2v) is 5.27. The smallest absolute Gasteiger partial charge is 0.382 e. The van der Waals surface area contributed by atoms with Crippen LogP contribution in [0.25, 0.3) is 0 Å². The van der Waals surface area contributed by atoms with Crippen LogP contribution in [0.1, 0.15) is 24.5 Å². The fourth-order valence-corrected chi connectivity index (χ4v) is 2.87. The van der Waals surface area contributed by atoms with Gasteiger partial charge in [0.05, 0.1) is 0 Å². The molecule has 0 unspecified atom stereocenters. The minimum atomic E-state index is -0.434. The van der Waals surface area contributed by atoms with E-state index in [0.29, 0.717) is 17.6 Å². The summed E-state index contributed by atoms with van der Waals surface area (Å²) in [4.78, 5) is 16.5. The lowest BCUT2D eigenvalue weighted by molar-refractivity contribution is -0.388. The first-order valence-corrected chi connectivity index (χ1v) is 6.77. The van der Waals surface area contributed by atoms with Crippen molar-refractivity contribution in [1.82, 2.24) is 19.7 Å². The first-order valence-electron chi connectivity index (χ1n) is 6.77. The van der Waals surface area contributed by atoms with E-state index in [4.69, 9.17) is 5.73 Å². The number of anilines is 2. The number of piperidine rings is 1. The van der Waals surface area contributed by atoms with Crippen LogP contribution in [-0.4, -0.2) is 37.8 Å². The van der Waals surface area contributed by atoms with Gasteiger partial charge in [0.25, 0.3) is 0 Å². The van der Waals surface area contributed by atoms with Crippen molar-refractivity contribution in [2.45, 2.75) is 18.8 Å². The van der Waals surface area contributed by atoms with E-state index < -0.39 is 4.92 Å². The molecule has 3 heterocycles. The van der Waals surface area contributed by atoms with Crippen molar-refractivity contribution in [1.29, 1.82) is 0 Å². The van der Waals surface area contributed by atoms with E-state index in [1.807, 2.05) is 11.0 Å². The standard InChI is InChI=1S/C12H17N7O2/c1-17-7-14-11(19(20)21)12(17)18-4-2-8(3-5-18)9-6-10(13)16-15-9/h6-8H,2-5H2,1H3,(H3,13,15,16). The lowest BCUT2D eigenvalue weighted by Gasteiger charge is -2.32. The van der Waals surface area contributed by atoms with Crippen LogP contribution >= 0.6 is 0 Å². The van der Waals surface area contributed by atoms with Gasteiger partial charge in [-0.3, -0.25) is 9.67 Å². The van der Waals surface area contributed by atoms with E-state index in [1.165, 1.54) is 6.33 Å². The molecule has 9 heteroatoms. The molecule has 0 amide bonds. The van der Waals surface area contributed by atoms with Gasteiger partial charge in [0.15, 0.2) is 0 Å². The molecule has 112 valence electrons. The van der Waals surface area contributed by atoms with Crippen molar-refractivity contribution in [3.8, 4) is 0 Å². The van der Waals surface area contributed by atoms with Crippen LogP contribution in [0.2, 0.25) is 0 Å². The maximum Gasteiger partial charge on any atom is 0.406 e. The summed E-state index contributed by atoms with van der Waals surface area (Å²) in [6.45, 7) is 1.48. The Morgan fingerprint density at radius 1 is 1.48 bits per heavy atom. The van der Waals surface area contributed by atoms with Crippen molar-refractivity contribution < 1.29 is 4.92 Å². The highest BCUT2D eigenvalue weighted by Crippen LogP contribution is 2.33. The van der Waals surface area contributed by atoms with Crippen LogP contribution in [0.3, 0.4) is 0 Å². The molecule has 3 N–H and O–H groups in total. The molecule has 0 aliphatic carbocycles. The predicted octanol–water partition coefficient (Wildman–Crippen LogP) is 1.02. The highest BCUT2D eigenvalue weighted by molar-refractivity contribution is 5.55. The minimum Gasteiger partial charge on any atom is -0.382 e. The lowest BCUT2D eigenvalue weighted by Crippen LogP contribution is -2.34. The van der Waals surface area contributed by atoms with Gasteiger partial charge in [-0.1, -0.05) is 0 Å². The molecule has 0 radical (unpaired) electrons. The van der Waals surface area contributed by atoms with Crippen LogP contribution in [0.5, 0.6) is 0 Å². The molecule has 3 rings (SSSR count). The van der Waals surface area contributed by atoms with Crippen LogP contribution in [0.15, 0.2) is 12.4 Å². The van der Waals surface area contributed by atoms with Crippen LogP contribution in [0.4, 0.5) is 17.5 Å². The Hall–Kier alpha value is -2.58. The SMILES string of the molecule is Cn1cnc([N+](=O)[O-])c1N1CCC(c2cc(N)n[nH]2)CC1. The van der Waals surface area contributed by atoms with E-state index in [0.717, 1.165) is 31.6 Å². The van der Waals surface area contributed by atoms with Crippen molar-refractivity contribution in [3.05, 3.63) is 28.2 Å². The fourth-order valence-electron chi connectivity index (χ4n) is 2.87. The average molecular weight is 291 g/mol. The number of imidazole rings is 1. The molecule has 1 saturated heterocycles. The molecule has 1 fully saturated rings. The molecule has 0 spiro atoms. The molecule has 1 aliphatic heterocycles. The molecular formula is C12H17N7O2. The first-order chi connectivity index (χ1) is 10.1. The van der Waals surface area contributed by atoms with E-state index in [9.17, 15) is 10.1 Å². The number of nitrogen functional groups attached to an aromatic ring is 1. The second-order valence-electron chi connectivity index (χ2n) is 5.27. The summed E-state index contributed by atoms with van der Waals surface area (Å²) in [6, 6.07) is 1.85. The Morgan fingerprint density at radius 3 is 2.76 bits per heavy atom. The number of nitro groups is 1. The maximum atomic E-state index is 11.0. The van der Waals surface area contributed by atoms with Gasteiger partial charge in [-0.15, -0.1) is 0 Å². The molecule has 2 aromatic rings. The van der Waals surface area contributed by atoms with E-state index >= 15 is 0 Å². The number of rotatable bonds is 3. The fraction of sp³-hybridized carbons (Fsp3) is 0.500. The number of aryl methyl sites for hydroxylation is 1. The third kappa shape index (κ3) is 2.41. The topological polar surface area (TPSA) is 119 Å². The van der Waals surface area contributed by atoms with Gasteiger partial charge in [0.1, 0.15) is 5.82 Å². The summed E-state index contributed by atoms with van der Waals surface area (Å²) in [5.41, 5.74) is 6.66. The molecule has 0 bridgehead atoms.